The molecule has 2 aromatic heterocycles. The number of halogens is 3. The summed E-state index contributed by atoms with van der Waals surface area (Å²) in [6, 6.07) is 2.39. The topological polar surface area (TPSA) is 51.6 Å². The van der Waals surface area contributed by atoms with Crippen LogP contribution in [0.1, 0.15) is 0 Å². The number of nitrogens with zero attached hydrogens (tertiary/aromatic N) is 4. The Labute approximate surface area is 94.1 Å². The van der Waals surface area contributed by atoms with Gasteiger partial charge in [-0.3, -0.25) is 0 Å². The molecule has 7 heteroatoms. The summed E-state index contributed by atoms with van der Waals surface area (Å²) < 4.78 is 12.8. The van der Waals surface area contributed by atoms with E-state index in [0.29, 0.717) is 0 Å². The van der Waals surface area contributed by atoms with Crippen molar-refractivity contribution in [2.75, 3.05) is 0 Å². The largest absolute Gasteiger partial charge is 0.225 e. The Morgan fingerprint density at radius 1 is 1.20 bits per heavy atom. The molecule has 0 fully saturated rings. The molecule has 0 bridgehead atoms. The highest BCUT2D eigenvalue weighted by Crippen LogP contribution is 2.17. The number of hydrogen-bond acceptors (Lipinski definition) is 4. The van der Waals surface area contributed by atoms with Gasteiger partial charge in [0.15, 0.2) is 5.82 Å². The number of aromatic nitrogens is 4. The van der Waals surface area contributed by atoms with Crippen LogP contribution in [0.25, 0.3) is 11.5 Å². The maximum absolute atomic E-state index is 12.8. The van der Waals surface area contributed by atoms with E-state index in [-0.39, 0.29) is 22.0 Å². The minimum atomic E-state index is -0.703. The Bertz CT molecular complexity index is 486. The lowest BCUT2D eigenvalue weighted by molar-refractivity contribution is 0.580. The van der Waals surface area contributed by atoms with Crippen molar-refractivity contribution in [1.29, 1.82) is 0 Å². The molecule has 0 saturated heterocycles. The van der Waals surface area contributed by atoms with Crippen LogP contribution in [-0.4, -0.2) is 19.9 Å². The summed E-state index contributed by atoms with van der Waals surface area (Å²) in [6.45, 7) is 0. The van der Waals surface area contributed by atoms with Gasteiger partial charge in [0.05, 0.1) is 6.20 Å². The normalized spacial score (nSPS) is 10.3. The van der Waals surface area contributed by atoms with Crippen LogP contribution in [0.3, 0.4) is 0 Å². The van der Waals surface area contributed by atoms with Crippen molar-refractivity contribution in [2.24, 2.45) is 0 Å². The van der Waals surface area contributed by atoms with Gasteiger partial charge in [0.2, 0.25) is 11.2 Å². The Balaban J connectivity index is 2.54. The van der Waals surface area contributed by atoms with E-state index < -0.39 is 5.95 Å². The van der Waals surface area contributed by atoms with Crippen LogP contribution in [0.15, 0.2) is 12.1 Å². The SMILES string of the molecule is Fc1c[c]nc(-c2cc(Cl)nc(Cl)n2)n1. The molecule has 15 heavy (non-hydrogen) atoms. The molecule has 2 heterocycles. The second-order valence-corrected chi connectivity index (χ2v) is 3.21. The summed E-state index contributed by atoms with van der Waals surface area (Å²) in [5, 5.41) is 0.0863. The molecular formula is C8H2Cl2FN4. The predicted octanol–water partition coefficient (Wildman–Crippen LogP) is 2.18. The second-order valence-electron chi connectivity index (χ2n) is 2.49. The van der Waals surface area contributed by atoms with E-state index in [1.807, 2.05) is 0 Å². The molecule has 2 aromatic rings. The van der Waals surface area contributed by atoms with Gasteiger partial charge in [0.1, 0.15) is 10.8 Å². The molecular weight excluding hydrogens is 242 g/mol. The summed E-state index contributed by atoms with van der Waals surface area (Å²) in [4.78, 5) is 14.7. The Morgan fingerprint density at radius 3 is 2.67 bits per heavy atom. The average molecular weight is 244 g/mol. The van der Waals surface area contributed by atoms with Gasteiger partial charge in [0, 0.05) is 12.1 Å². The van der Waals surface area contributed by atoms with Gasteiger partial charge in [-0.2, -0.15) is 9.37 Å². The Kier molecular flexibility index (Phi) is 2.75. The van der Waals surface area contributed by atoms with Crippen LogP contribution in [0.4, 0.5) is 4.39 Å². The van der Waals surface area contributed by atoms with Gasteiger partial charge >= 0.3 is 0 Å². The van der Waals surface area contributed by atoms with Gasteiger partial charge < -0.3 is 0 Å². The van der Waals surface area contributed by atoms with Crippen molar-refractivity contribution < 1.29 is 4.39 Å². The van der Waals surface area contributed by atoms with E-state index in [1.165, 1.54) is 6.07 Å². The fraction of sp³-hybridized carbons (Fsp3) is 0. The molecule has 2 rings (SSSR count). The van der Waals surface area contributed by atoms with Crippen LogP contribution in [-0.2, 0) is 0 Å². The van der Waals surface area contributed by atoms with Crippen molar-refractivity contribution in [2.45, 2.75) is 0 Å². The van der Waals surface area contributed by atoms with Crippen molar-refractivity contribution in [3.63, 3.8) is 0 Å². The lowest BCUT2D eigenvalue weighted by atomic mass is 10.4. The van der Waals surface area contributed by atoms with Crippen molar-refractivity contribution in [3.8, 4) is 11.5 Å². The summed E-state index contributed by atoms with van der Waals surface area (Å²) in [7, 11) is 0. The quantitative estimate of drug-likeness (QED) is 0.569. The lowest BCUT2D eigenvalue weighted by Gasteiger charge is -1.99. The van der Waals surface area contributed by atoms with E-state index in [2.05, 4.69) is 26.1 Å². The number of rotatable bonds is 1. The molecule has 0 aliphatic heterocycles. The third-order valence-electron chi connectivity index (χ3n) is 1.46. The molecule has 0 unspecified atom stereocenters. The lowest BCUT2D eigenvalue weighted by Crippen LogP contribution is -1.95. The van der Waals surface area contributed by atoms with Crippen molar-refractivity contribution in [1.82, 2.24) is 19.9 Å². The first-order valence-corrected chi connectivity index (χ1v) is 4.52. The van der Waals surface area contributed by atoms with Crippen molar-refractivity contribution in [3.05, 3.63) is 34.7 Å². The zero-order valence-corrected chi connectivity index (χ0v) is 8.59. The van der Waals surface area contributed by atoms with Gasteiger partial charge in [-0.25, -0.2) is 15.0 Å². The Hall–Kier alpha value is -1.33. The smallest absolute Gasteiger partial charge is 0.224 e. The summed E-state index contributed by atoms with van der Waals surface area (Å²) >= 11 is 11.2. The monoisotopic (exact) mass is 243 g/mol. The summed E-state index contributed by atoms with van der Waals surface area (Å²) in [5.74, 6) is -0.646. The maximum atomic E-state index is 12.8. The molecule has 0 atom stereocenters. The van der Waals surface area contributed by atoms with Crippen LogP contribution in [0.2, 0.25) is 10.4 Å². The van der Waals surface area contributed by atoms with Crippen LogP contribution < -0.4 is 0 Å². The second kappa shape index (κ2) is 4.04. The average Bonchev–Trinajstić information content (AvgIpc) is 2.16. The molecule has 0 amide bonds. The molecule has 0 N–H and O–H groups in total. The fourth-order valence-electron chi connectivity index (χ4n) is 0.924. The first-order chi connectivity index (χ1) is 7.15. The highest BCUT2D eigenvalue weighted by molar-refractivity contribution is 6.32. The van der Waals surface area contributed by atoms with E-state index >= 15 is 0 Å². The molecule has 4 nitrogen and oxygen atoms in total. The van der Waals surface area contributed by atoms with Gasteiger partial charge in [-0.05, 0) is 11.6 Å². The minimum Gasteiger partial charge on any atom is -0.225 e. The van der Waals surface area contributed by atoms with E-state index in [0.717, 1.165) is 6.07 Å². The highest BCUT2D eigenvalue weighted by atomic mass is 35.5. The third-order valence-corrected chi connectivity index (χ3v) is 1.83. The predicted molar refractivity (Wildman–Crippen MR) is 51.9 cm³/mol. The zero-order chi connectivity index (χ0) is 10.8. The van der Waals surface area contributed by atoms with Gasteiger partial charge in [0.25, 0.3) is 0 Å². The highest BCUT2D eigenvalue weighted by Gasteiger charge is 2.07. The first kappa shape index (κ1) is 10.2. The zero-order valence-electron chi connectivity index (χ0n) is 7.08. The third kappa shape index (κ3) is 2.37. The first-order valence-electron chi connectivity index (χ1n) is 3.76. The fourth-order valence-corrected chi connectivity index (χ4v) is 1.33. The molecule has 1 radical (unpaired) electrons. The Morgan fingerprint density at radius 2 is 2.00 bits per heavy atom. The van der Waals surface area contributed by atoms with Crippen LogP contribution in [0, 0.1) is 12.1 Å². The van der Waals surface area contributed by atoms with E-state index in [4.69, 9.17) is 23.2 Å². The van der Waals surface area contributed by atoms with Crippen molar-refractivity contribution >= 4 is 23.2 Å². The van der Waals surface area contributed by atoms with E-state index in [9.17, 15) is 4.39 Å². The van der Waals surface area contributed by atoms with Gasteiger partial charge in [-0.1, -0.05) is 11.6 Å². The standard InChI is InChI=1S/C8H2Cl2FN4/c9-5-3-4(13-8(10)14-5)7-12-2-1-6(11)15-7/h1,3H. The maximum Gasteiger partial charge on any atom is 0.224 e. The molecule has 0 spiro atoms. The molecule has 0 saturated carbocycles. The minimum absolute atomic E-state index is 0.0506. The van der Waals surface area contributed by atoms with Gasteiger partial charge in [-0.15, -0.1) is 0 Å². The number of hydrogen-bond donors (Lipinski definition) is 0. The molecule has 75 valence electrons. The summed E-state index contributed by atoms with van der Waals surface area (Å²) in [5.41, 5.74) is 0.246. The van der Waals surface area contributed by atoms with Crippen LogP contribution in [0.5, 0.6) is 0 Å². The molecule has 0 aliphatic carbocycles. The van der Waals surface area contributed by atoms with Crippen LogP contribution >= 0.6 is 23.2 Å². The summed E-state index contributed by atoms with van der Waals surface area (Å²) in [6.07, 6.45) is 2.33. The van der Waals surface area contributed by atoms with E-state index in [1.54, 1.807) is 0 Å². The molecule has 0 aliphatic rings. The molecule has 0 aromatic carbocycles.